The third kappa shape index (κ3) is 8.29. The Morgan fingerprint density at radius 3 is 2.22 bits per heavy atom. The Balaban J connectivity index is 4.14. The molecule has 0 aliphatic carbocycles. The molecule has 110 valence electrons. The van der Waals surface area contributed by atoms with E-state index in [1.807, 2.05) is 0 Å². The number of aliphatic hydroxyl groups is 1. The lowest BCUT2D eigenvalue weighted by atomic mass is 10.1. The number of alkyl halides is 1. The Morgan fingerprint density at radius 1 is 1.06 bits per heavy atom. The lowest BCUT2D eigenvalue weighted by Gasteiger charge is -2.21. The minimum absolute atomic E-state index is 0.0166. The molecule has 0 amide bonds. The lowest BCUT2D eigenvalue weighted by molar-refractivity contribution is 0.268. The van der Waals surface area contributed by atoms with Gasteiger partial charge >= 0.3 is 0 Å². The molecule has 0 radical (unpaired) electrons. The van der Waals surface area contributed by atoms with Crippen LogP contribution in [0.2, 0.25) is 0 Å². The van der Waals surface area contributed by atoms with Crippen molar-refractivity contribution in [2.24, 2.45) is 0 Å². The van der Waals surface area contributed by atoms with Crippen LogP contribution >= 0.6 is 11.6 Å². The molecule has 0 aromatic heterocycles. The van der Waals surface area contributed by atoms with Gasteiger partial charge in [-0.3, -0.25) is 0 Å². The fourth-order valence-corrected chi connectivity index (χ4v) is 3.61. The van der Waals surface area contributed by atoms with Gasteiger partial charge in [0, 0.05) is 25.6 Å². The van der Waals surface area contributed by atoms with Crippen LogP contribution in [0.15, 0.2) is 0 Å². The third-order valence-electron chi connectivity index (χ3n) is 2.81. The topological polar surface area (TPSA) is 57.6 Å². The molecule has 0 bridgehead atoms. The maximum atomic E-state index is 11.9. The average Bonchev–Trinajstić information content (AvgIpc) is 2.32. The highest BCUT2D eigenvalue weighted by Crippen LogP contribution is 2.09. The van der Waals surface area contributed by atoms with Gasteiger partial charge in [-0.25, -0.2) is 12.7 Å². The highest BCUT2D eigenvalue weighted by atomic mass is 35.5. The van der Waals surface area contributed by atoms with Gasteiger partial charge in [0.1, 0.15) is 0 Å². The van der Waals surface area contributed by atoms with Crippen LogP contribution in [-0.4, -0.2) is 49.2 Å². The van der Waals surface area contributed by atoms with Crippen LogP contribution in [0.5, 0.6) is 0 Å². The molecule has 0 spiro atoms. The van der Waals surface area contributed by atoms with E-state index >= 15 is 0 Å². The Labute approximate surface area is 116 Å². The predicted octanol–water partition coefficient (Wildman–Crippen LogP) is 2.21. The summed E-state index contributed by atoms with van der Waals surface area (Å²) in [4.78, 5) is 0. The quantitative estimate of drug-likeness (QED) is 0.444. The second-order valence-corrected chi connectivity index (χ2v) is 6.86. The Kier molecular flexibility index (Phi) is 11.1. The molecule has 18 heavy (non-hydrogen) atoms. The van der Waals surface area contributed by atoms with E-state index in [2.05, 4.69) is 6.92 Å². The van der Waals surface area contributed by atoms with Gasteiger partial charge in [-0.2, -0.15) is 0 Å². The molecule has 0 rings (SSSR count). The van der Waals surface area contributed by atoms with Crippen molar-refractivity contribution in [1.82, 2.24) is 4.31 Å². The average molecular weight is 300 g/mol. The molecule has 4 nitrogen and oxygen atoms in total. The van der Waals surface area contributed by atoms with Crippen LogP contribution < -0.4 is 0 Å². The third-order valence-corrected chi connectivity index (χ3v) is 5.09. The summed E-state index contributed by atoms with van der Waals surface area (Å²) in [6.07, 6.45) is 5.95. The smallest absolute Gasteiger partial charge is 0.215 e. The van der Waals surface area contributed by atoms with Gasteiger partial charge in [0.15, 0.2) is 0 Å². The Morgan fingerprint density at radius 2 is 1.67 bits per heavy atom. The summed E-state index contributed by atoms with van der Waals surface area (Å²) in [5, 5.41) is 8.80. The summed E-state index contributed by atoms with van der Waals surface area (Å²) < 4.78 is 25.3. The SMILES string of the molecule is CCCCCCCN(CCCO)S(=O)(=O)CCCl. The van der Waals surface area contributed by atoms with E-state index in [0.29, 0.717) is 19.5 Å². The van der Waals surface area contributed by atoms with Gasteiger partial charge in [-0.05, 0) is 12.8 Å². The van der Waals surface area contributed by atoms with Crippen molar-refractivity contribution in [1.29, 1.82) is 0 Å². The number of hydrogen-bond acceptors (Lipinski definition) is 3. The standard InChI is InChI=1S/C12H26ClNO3S/c1-2-3-4-5-6-9-14(10-7-11-15)18(16,17)12-8-13/h15H,2-12H2,1H3. The highest BCUT2D eigenvalue weighted by molar-refractivity contribution is 7.89. The second-order valence-electron chi connectivity index (χ2n) is 4.40. The molecule has 0 aliphatic heterocycles. The van der Waals surface area contributed by atoms with E-state index in [0.717, 1.165) is 19.3 Å². The fourth-order valence-electron chi connectivity index (χ4n) is 1.76. The number of aliphatic hydroxyl groups excluding tert-OH is 1. The van der Waals surface area contributed by atoms with E-state index in [1.54, 1.807) is 0 Å². The molecule has 0 aromatic carbocycles. The minimum Gasteiger partial charge on any atom is -0.396 e. The minimum atomic E-state index is -3.25. The number of unbranched alkanes of at least 4 members (excludes halogenated alkanes) is 4. The predicted molar refractivity (Wildman–Crippen MR) is 76.5 cm³/mol. The molecule has 0 aromatic rings. The van der Waals surface area contributed by atoms with E-state index in [-0.39, 0.29) is 18.2 Å². The largest absolute Gasteiger partial charge is 0.396 e. The van der Waals surface area contributed by atoms with E-state index < -0.39 is 10.0 Å². The first kappa shape index (κ1) is 18.2. The molecule has 6 heteroatoms. The van der Waals surface area contributed by atoms with Crippen molar-refractivity contribution in [2.75, 3.05) is 31.3 Å². The molecule has 0 saturated heterocycles. The van der Waals surface area contributed by atoms with Crippen LogP contribution in [0, 0.1) is 0 Å². The summed E-state index contributed by atoms with van der Waals surface area (Å²) in [6, 6.07) is 0. The zero-order valence-electron chi connectivity index (χ0n) is 11.3. The molecule has 0 atom stereocenters. The monoisotopic (exact) mass is 299 g/mol. The van der Waals surface area contributed by atoms with Gasteiger partial charge in [0.2, 0.25) is 10.0 Å². The second kappa shape index (κ2) is 11.0. The number of nitrogens with zero attached hydrogens (tertiary/aromatic N) is 1. The summed E-state index contributed by atoms with van der Waals surface area (Å²) in [5.41, 5.74) is 0. The van der Waals surface area contributed by atoms with Crippen molar-refractivity contribution in [3.05, 3.63) is 0 Å². The lowest BCUT2D eigenvalue weighted by Crippen LogP contribution is -2.35. The van der Waals surface area contributed by atoms with Crippen LogP contribution in [0.4, 0.5) is 0 Å². The Hall–Kier alpha value is 0.160. The van der Waals surface area contributed by atoms with Crippen molar-refractivity contribution < 1.29 is 13.5 Å². The summed E-state index contributed by atoms with van der Waals surface area (Å²) in [6.45, 7) is 3.10. The number of sulfonamides is 1. The summed E-state index contributed by atoms with van der Waals surface area (Å²) >= 11 is 5.51. The van der Waals surface area contributed by atoms with Gasteiger partial charge in [-0.1, -0.05) is 32.6 Å². The molecule has 0 heterocycles. The van der Waals surface area contributed by atoms with Gasteiger partial charge in [0.25, 0.3) is 0 Å². The van der Waals surface area contributed by atoms with Gasteiger partial charge in [0.05, 0.1) is 5.75 Å². The molecule has 1 N–H and O–H groups in total. The zero-order chi connectivity index (χ0) is 13.9. The normalized spacial score (nSPS) is 12.2. The maximum Gasteiger partial charge on any atom is 0.215 e. The Bertz CT molecular complexity index is 283. The molecular formula is C12H26ClNO3S. The molecule has 0 unspecified atom stereocenters. The van der Waals surface area contributed by atoms with E-state index in [1.165, 1.54) is 17.1 Å². The molecule has 0 saturated carbocycles. The van der Waals surface area contributed by atoms with Crippen molar-refractivity contribution >= 4 is 21.6 Å². The summed E-state index contributed by atoms with van der Waals surface area (Å²) in [5.74, 6) is 0.0999. The number of hydrogen-bond donors (Lipinski definition) is 1. The van der Waals surface area contributed by atoms with E-state index in [4.69, 9.17) is 16.7 Å². The number of rotatable bonds is 12. The van der Waals surface area contributed by atoms with Crippen molar-refractivity contribution in [3.8, 4) is 0 Å². The van der Waals surface area contributed by atoms with Crippen LogP contribution in [0.1, 0.15) is 45.4 Å². The molecular weight excluding hydrogens is 274 g/mol. The van der Waals surface area contributed by atoms with Crippen LogP contribution in [0.3, 0.4) is 0 Å². The highest BCUT2D eigenvalue weighted by Gasteiger charge is 2.20. The first-order valence-corrected chi connectivity index (χ1v) is 8.87. The summed E-state index contributed by atoms with van der Waals surface area (Å²) in [7, 11) is -3.25. The molecule has 0 aliphatic rings. The first-order chi connectivity index (χ1) is 8.58. The van der Waals surface area contributed by atoms with Crippen LogP contribution in [0.25, 0.3) is 0 Å². The van der Waals surface area contributed by atoms with Gasteiger partial charge < -0.3 is 5.11 Å². The molecule has 0 fully saturated rings. The van der Waals surface area contributed by atoms with Crippen molar-refractivity contribution in [3.63, 3.8) is 0 Å². The van der Waals surface area contributed by atoms with Crippen LogP contribution in [-0.2, 0) is 10.0 Å². The van der Waals surface area contributed by atoms with E-state index in [9.17, 15) is 8.42 Å². The number of halogens is 1. The maximum absolute atomic E-state index is 11.9. The fraction of sp³-hybridized carbons (Fsp3) is 1.00. The zero-order valence-corrected chi connectivity index (χ0v) is 12.8. The first-order valence-electron chi connectivity index (χ1n) is 6.73. The van der Waals surface area contributed by atoms with Crippen molar-refractivity contribution in [2.45, 2.75) is 45.4 Å². The van der Waals surface area contributed by atoms with Gasteiger partial charge in [-0.15, -0.1) is 11.6 Å².